The zero-order chi connectivity index (χ0) is 14.5. The van der Waals surface area contributed by atoms with Crippen LogP contribution in [0.1, 0.15) is 36.6 Å². The molecule has 1 N–H and O–H groups in total. The number of benzene rings is 2. The molecule has 2 aromatic rings. The second-order valence-corrected chi connectivity index (χ2v) is 5.91. The molecule has 0 aliphatic rings. The minimum Gasteiger partial charge on any atom is -0.307 e. The maximum atomic E-state index is 5.91. The van der Waals surface area contributed by atoms with Crippen molar-refractivity contribution in [1.29, 1.82) is 0 Å². The van der Waals surface area contributed by atoms with Gasteiger partial charge in [0.2, 0.25) is 0 Å². The van der Waals surface area contributed by atoms with E-state index in [2.05, 4.69) is 62.5 Å². The number of nitrogens with one attached hydrogen (secondary N) is 1. The van der Waals surface area contributed by atoms with Crippen molar-refractivity contribution in [2.75, 3.05) is 0 Å². The average Bonchev–Trinajstić information content (AvgIpc) is 2.41. The summed E-state index contributed by atoms with van der Waals surface area (Å²) in [7, 11) is 0. The molecule has 0 aliphatic heterocycles. The summed E-state index contributed by atoms with van der Waals surface area (Å²) in [5.74, 6) is 0. The van der Waals surface area contributed by atoms with Gasteiger partial charge in [0.15, 0.2) is 0 Å². The van der Waals surface area contributed by atoms with Crippen LogP contribution in [-0.4, -0.2) is 6.04 Å². The monoisotopic (exact) mass is 287 g/mol. The first kappa shape index (κ1) is 15.1. The van der Waals surface area contributed by atoms with Crippen LogP contribution in [0.4, 0.5) is 0 Å². The van der Waals surface area contributed by atoms with Gasteiger partial charge in [-0.25, -0.2) is 0 Å². The molecule has 0 saturated heterocycles. The number of hydrogen-bond donors (Lipinski definition) is 1. The first-order chi connectivity index (χ1) is 9.56. The standard InChI is InChI=1S/C18H22ClN/c1-13-6-4-5-7-18(13)15(3)20-14(2)12-16-8-10-17(19)11-9-16/h4-11,14-15,20H,12H2,1-3H3/t14?,15-/m1/s1. The van der Waals surface area contributed by atoms with Crippen molar-refractivity contribution in [1.82, 2.24) is 5.32 Å². The Morgan fingerprint density at radius 3 is 2.30 bits per heavy atom. The summed E-state index contributed by atoms with van der Waals surface area (Å²) in [5.41, 5.74) is 4.02. The van der Waals surface area contributed by atoms with Gasteiger partial charge in [-0.3, -0.25) is 0 Å². The molecule has 0 saturated carbocycles. The molecule has 20 heavy (non-hydrogen) atoms. The van der Waals surface area contributed by atoms with Gasteiger partial charge in [0.25, 0.3) is 0 Å². The number of rotatable bonds is 5. The average molecular weight is 288 g/mol. The normalized spacial score (nSPS) is 14.0. The molecule has 1 nitrogen and oxygen atoms in total. The minimum atomic E-state index is 0.360. The van der Waals surface area contributed by atoms with Crippen LogP contribution in [0, 0.1) is 6.92 Å². The van der Waals surface area contributed by atoms with Gasteiger partial charge in [0.05, 0.1) is 0 Å². The Bertz CT molecular complexity index is 548. The molecule has 2 heteroatoms. The van der Waals surface area contributed by atoms with Crippen molar-refractivity contribution in [3.63, 3.8) is 0 Å². The molecular weight excluding hydrogens is 266 g/mol. The Labute approximate surface area is 127 Å². The molecule has 0 fully saturated rings. The lowest BCUT2D eigenvalue weighted by Crippen LogP contribution is -2.31. The Balaban J connectivity index is 1.96. The van der Waals surface area contributed by atoms with Crippen LogP contribution in [-0.2, 0) is 6.42 Å². The van der Waals surface area contributed by atoms with E-state index in [-0.39, 0.29) is 0 Å². The highest BCUT2D eigenvalue weighted by Gasteiger charge is 2.11. The zero-order valence-corrected chi connectivity index (χ0v) is 13.1. The lowest BCUT2D eigenvalue weighted by Gasteiger charge is -2.22. The van der Waals surface area contributed by atoms with Gasteiger partial charge in [0.1, 0.15) is 0 Å². The topological polar surface area (TPSA) is 12.0 Å². The van der Waals surface area contributed by atoms with E-state index in [1.54, 1.807) is 0 Å². The quantitative estimate of drug-likeness (QED) is 0.822. The van der Waals surface area contributed by atoms with Gasteiger partial charge in [-0.05, 0) is 56.0 Å². The number of hydrogen-bond acceptors (Lipinski definition) is 1. The van der Waals surface area contributed by atoms with Gasteiger partial charge in [-0.2, -0.15) is 0 Å². The predicted octanol–water partition coefficient (Wildman–Crippen LogP) is 4.93. The summed E-state index contributed by atoms with van der Waals surface area (Å²) in [5, 5.41) is 4.46. The van der Waals surface area contributed by atoms with Crippen LogP contribution >= 0.6 is 11.6 Å². The number of aryl methyl sites for hydroxylation is 1. The van der Waals surface area contributed by atoms with Gasteiger partial charge < -0.3 is 5.32 Å². The van der Waals surface area contributed by atoms with E-state index >= 15 is 0 Å². The zero-order valence-electron chi connectivity index (χ0n) is 12.4. The van der Waals surface area contributed by atoms with E-state index in [4.69, 9.17) is 11.6 Å². The van der Waals surface area contributed by atoms with Crippen molar-refractivity contribution in [3.8, 4) is 0 Å². The van der Waals surface area contributed by atoms with E-state index in [9.17, 15) is 0 Å². The van der Waals surface area contributed by atoms with Crippen molar-refractivity contribution in [2.45, 2.75) is 39.3 Å². The number of halogens is 1. The van der Waals surface area contributed by atoms with Crippen molar-refractivity contribution < 1.29 is 0 Å². The van der Waals surface area contributed by atoms with Crippen LogP contribution in [0.5, 0.6) is 0 Å². The first-order valence-corrected chi connectivity index (χ1v) is 7.50. The summed E-state index contributed by atoms with van der Waals surface area (Å²) >= 11 is 5.91. The van der Waals surface area contributed by atoms with Gasteiger partial charge in [-0.15, -0.1) is 0 Å². The van der Waals surface area contributed by atoms with Gasteiger partial charge >= 0.3 is 0 Å². The molecule has 0 heterocycles. The third-order valence-electron chi connectivity index (χ3n) is 3.64. The summed E-state index contributed by atoms with van der Waals surface area (Å²) in [6.07, 6.45) is 1.01. The van der Waals surface area contributed by atoms with E-state index in [1.807, 2.05) is 12.1 Å². The molecule has 0 aliphatic carbocycles. The Hall–Kier alpha value is -1.31. The SMILES string of the molecule is Cc1ccccc1[C@@H](C)NC(C)Cc1ccc(Cl)cc1. The molecule has 2 rings (SSSR count). The molecule has 2 aromatic carbocycles. The van der Waals surface area contributed by atoms with Crippen LogP contribution in [0.2, 0.25) is 5.02 Å². The largest absolute Gasteiger partial charge is 0.307 e. The third-order valence-corrected chi connectivity index (χ3v) is 3.90. The van der Waals surface area contributed by atoms with Crippen LogP contribution in [0.15, 0.2) is 48.5 Å². The molecule has 0 spiro atoms. The van der Waals surface area contributed by atoms with Crippen LogP contribution < -0.4 is 5.32 Å². The van der Waals surface area contributed by atoms with E-state index in [0.29, 0.717) is 12.1 Å². The van der Waals surface area contributed by atoms with E-state index in [1.165, 1.54) is 16.7 Å². The maximum Gasteiger partial charge on any atom is 0.0406 e. The molecule has 0 bridgehead atoms. The second-order valence-electron chi connectivity index (χ2n) is 5.48. The lowest BCUT2D eigenvalue weighted by molar-refractivity contribution is 0.476. The molecule has 1 unspecified atom stereocenters. The third kappa shape index (κ3) is 4.09. The van der Waals surface area contributed by atoms with Crippen LogP contribution in [0.3, 0.4) is 0 Å². The summed E-state index contributed by atoms with van der Waals surface area (Å²) < 4.78 is 0. The minimum absolute atomic E-state index is 0.360. The molecule has 0 amide bonds. The summed E-state index contributed by atoms with van der Waals surface area (Å²) in [6.45, 7) is 6.61. The van der Waals surface area contributed by atoms with Crippen LogP contribution in [0.25, 0.3) is 0 Å². The molecule has 0 radical (unpaired) electrons. The fourth-order valence-corrected chi connectivity index (χ4v) is 2.75. The lowest BCUT2D eigenvalue weighted by atomic mass is 10.0. The highest BCUT2D eigenvalue weighted by Crippen LogP contribution is 2.18. The highest BCUT2D eigenvalue weighted by atomic mass is 35.5. The first-order valence-electron chi connectivity index (χ1n) is 7.12. The van der Waals surface area contributed by atoms with Crippen molar-refractivity contribution in [2.24, 2.45) is 0 Å². The highest BCUT2D eigenvalue weighted by molar-refractivity contribution is 6.30. The Kier molecular flexibility index (Phi) is 5.22. The van der Waals surface area contributed by atoms with Gasteiger partial charge in [0, 0.05) is 17.1 Å². The van der Waals surface area contributed by atoms with Crippen molar-refractivity contribution >= 4 is 11.6 Å². The molecule has 0 aromatic heterocycles. The van der Waals surface area contributed by atoms with E-state index < -0.39 is 0 Å². The molecule has 106 valence electrons. The van der Waals surface area contributed by atoms with E-state index in [0.717, 1.165) is 11.4 Å². The molecule has 2 atom stereocenters. The maximum absolute atomic E-state index is 5.91. The fourth-order valence-electron chi connectivity index (χ4n) is 2.62. The second kappa shape index (κ2) is 6.92. The fraction of sp³-hybridized carbons (Fsp3) is 0.333. The van der Waals surface area contributed by atoms with Gasteiger partial charge in [-0.1, -0.05) is 48.0 Å². The summed E-state index contributed by atoms with van der Waals surface area (Å²) in [4.78, 5) is 0. The Morgan fingerprint density at radius 2 is 1.65 bits per heavy atom. The van der Waals surface area contributed by atoms with Crippen molar-refractivity contribution in [3.05, 3.63) is 70.2 Å². The smallest absolute Gasteiger partial charge is 0.0406 e. The summed E-state index contributed by atoms with van der Waals surface area (Å²) in [6, 6.07) is 17.4. The predicted molar refractivity (Wildman–Crippen MR) is 87.3 cm³/mol. The Morgan fingerprint density at radius 1 is 1.00 bits per heavy atom. The molecular formula is C18H22ClN.